The van der Waals surface area contributed by atoms with E-state index < -0.39 is 11.9 Å². The average molecular weight is 402 g/mol. The van der Waals surface area contributed by atoms with Gasteiger partial charge in [-0.25, -0.2) is 9.97 Å². The summed E-state index contributed by atoms with van der Waals surface area (Å²) in [7, 11) is 0. The van der Waals surface area contributed by atoms with E-state index in [2.05, 4.69) is 30.9 Å². The number of carbonyl (C=O) groups is 1. The Bertz CT molecular complexity index is 753. The number of halogens is 4. The van der Waals surface area contributed by atoms with E-state index in [4.69, 9.17) is 0 Å². The van der Waals surface area contributed by atoms with Gasteiger partial charge in [-0.2, -0.15) is 13.2 Å². The second kappa shape index (κ2) is 6.34. The maximum atomic E-state index is 12.8. The van der Waals surface area contributed by atoms with Crippen molar-refractivity contribution < 1.29 is 18.0 Å². The Morgan fingerprint density at radius 2 is 1.83 bits per heavy atom. The molecule has 0 aliphatic carbocycles. The SMILES string of the molecule is O=C1CN(c2ncc(Br)cn2)CCN1c1ccnc(C(F)(F)F)c1. The van der Waals surface area contributed by atoms with E-state index in [0.29, 0.717) is 17.0 Å². The van der Waals surface area contributed by atoms with Gasteiger partial charge in [0.15, 0.2) is 0 Å². The minimum Gasteiger partial charge on any atom is -0.330 e. The molecule has 0 unspecified atom stereocenters. The van der Waals surface area contributed by atoms with Crippen molar-refractivity contribution in [2.75, 3.05) is 29.4 Å². The Morgan fingerprint density at radius 1 is 1.12 bits per heavy atom. The highest BCUT2D eigenvalue weighted by Crippen LogP contribution is 2.30. The largest absolute Gasteiger partial charge is 0.433 e. The molecule has 1 saturated heterocycles. The summed E-state index contributed by atoms with van der Waals surface area (Å²) in [5.74, 6) is 0.0732. The van der Waals surface area contributed by atoms with Crippen LogP contribution in [0.25, 0.3) is 0 Å². The van der Waals surface area contributed by atoms with Crippen LogP contribution in [0.3, 0.4) is 0 Å². The van der Waals surface area contributed by atoms with E-state index in [1.165, 1.54) is 11.0 Å². The minimum absolute atomic E-state index is 0.00862. The molecular formula is C14H11BrF3N5O. The molecule has 0 radical (unpaired) electrons. The molecule has 2 aromatic heterocycles. The molecule has 0 atom stereocenters. The third-order valence-electron chi connectivity index (χ3n) is 3.46. The highest BCUT2D eigenvalue weighted by Gasteiger charge is 2.34. The number of amides is 1. The molecule has 3 rings (SSSR count). The summed E-state index contributed by atoms with van der Waals surface area (Å²) in [6, 6.07) is 2.27. The van der Waals surface area contributed by atoms with E-state index in [0.717, 1.165) is 12.3 Å². The first-order valence-corrected chi connectivity index (χ1v) is 7.70. The number of aromatic nitrogens is 3. The number of alkyl halides is 3. The fourth-order valence-electron chi connectivity index (χ4n) is 2.33. The molecular weight excluding hydrogens is 391 g/mol. The monoisotopic (exact) mass is 401 g/mol. The standard InChI is InChI=1S/C14H11BrF3N5O/c15-9-6-20-13(21-7-9)22-3-4-23(12(24)8-22)10-1-2-19-11(5-10)14(16,17)18/h1-2,5-7H,3-4,8H2. The van der Waals surface area contributed by atoms with E-state index in [9.17, 15) is 18.0 Å². The van der Waals surface area contributed by atoms with Crippen LogP contribution in [0.1, 0.15) is 5.69 Å². The molecule has 0 bridgehead atoms. The first-order valence-electron chi connectivity index (χ1n) is 6.91. The van der Waals surface area contributed by atoms with E-state index >= 15 is 0 Å². The van der Waals surface area contributed by atoms with Gasteiger partial charge in [0.05, 0.1) is 4.47 Å². The van der Waals surface area contributed by atoms with Gasteiger partial charge in [0.25, 0.3) is 0 Å². The number of rotatable bonds is 2. The van der Waals surface area contributed by atoms with Gasteiger partial charge in [-0.3, -0.25) is 9.78 Å². The summed E-state index contributed by atoms with van der Waals surface area (Å²) in [4.78, 5) is 26.9. The normalized spacial score (nSPS) is 15.8. The first kappa shape index (κ1) is 16.6. The second-order valence-electron chi connectivity index (χ2n) is 5.07. The lowest BCUT2D eigenvalue weighted by Gasteiger charge is -2.34. The number of carbonyl (C=O) groups excluding carboxylic acids is 1. The van der Waals surface area contributed by atoms with Crippen LogP contribution < -0.4 is 9.80 Å². The summed E-state index contributed by atoms with van der Waals surface area (Å²) in [5.41, 5.74) is -0.842. The van der Waals surface area contributed by atoms with Gasteiger partial charge in [-0.1, -0.05) is 0 Å². The summed E-state index contributed by atoms with van der Waals surface area (Å²) >= 11 is 3.23. The molecule has 3 heterocycles. The van der Waals surface area contributed by atoms with E-state index in [-0.39, 0.29) is 24.7 Å². The number of piperazine rings is 1. The number of hydrogen-bond donors (Lipinski definition) is 0. The smallest absolute Gasteiger partial charge is 0.330 e. The highest BCUT2D eigenvalue weighted by molar-refractivity contribution is 9.10. The Morgan fingerprint density at radius 3 is 2.46 bits per heavy atom. The summed E-state index contributed by atoms with van der Waals surface area (Å²) in [6.45, 7) is 0.641. The first-order chi connectivity index (χ1) is 11.3. The van der Waals surface area contributed by atoms with Gasteiger partial charge < -0.3 is 9.80 Å². The zero-order valence-corrected chi connectivity index (χ0v) is 13.8. The molecule has 1 aliphatic rings. The van der Waals surface area contributed by atoms with Crippen molar-refractivity contribution in [2.24, 2.45) is 0 Å². The van der Waals surface area contributed by atoms with Crippen LogP contribution in [0.15, 0.2) is 35.2 Å². The molecule has 1 fully saturated rings. The van der Waals surface area contributed by atoms with Crippen LogP contribution >= 0.6 is 15.9 Å². The summed E-state index contributed by atoms with van der Waals surface area (Å²) < 4.78 is 39.0. The summed E-state index contributed by atoms with van der Waals surface area (Å²) in [6.07, 6.45) is -0.364. The van der Waals surface area contributed by atoms with Crippen LogP contribution in [-0.4, -0.2) is 40.5 Å². The molecule has 6 nitrogen and oxygen atoms in total. The van der Waals surface area contributed by atoms with Crippen LogP contribution in [0.5, 0.6) is 0 Å². The molecule has 0 saturated carbocycles. The third kappa shape index (κ3) is 3.48. The molecule has 126 valence electrons. The van der Waals surface area contributed by atoms with Crippen LogP contribution in [-0.2, 0) is 11.0 Å². The van der Waals surface area contributed by atoms with Gasteiger partial charge in [-0.15, -0.1) is 0 Å². The van der Waals surface area contributed by atoms with Crippen molar-refractivity contribution in [3.63, 3.8) is 0 Å². The van der Waals surface area contributed by atoms with Crippen LogP contribution in [0.4, 0.5) is 24.8 Å². The molecule has 0 N–H and O–H groups in total. The molecule has 0 spiro atoms. The fourth-order valence-corrected chi connectivity index (χ4v) is 2.53. The van der Waals surface area contributed by atoms with Crippen molar-refractivity contribution in [2.45, 2.75) is 6.18 Å². The van der Waals surface area contributed by atoms with Crippen LogP contribution in [0.2, 0.25) is 0 Å². The Balaban J connectivity index is 1.77. The number of nitrogens with zero attached hydrogens (tertiary/aromatic N) is 5. The van der Waals surface area contributed by atoms with Crippen molar-refractivity contribution in [1.29, 1.82) is 0 Å². The second-order valence-corrected chi connectivity index (χ2v) is 5.98. The van der Waals surface area contributed by atoms with Crippen molar-refractivity contribution in [3.05, 3.63) is 40.9 Å². The molecule has 24 heavy (non-hydrogen) atoms. The molecule has 10 heteroatoms. The lowest BCUT2D eigenvalue weighted by atomic mass is 10.2. The number of pyridine rings is 1. The number of hydrogen-bond acceptors (Lipinski definition) is 5. The zero-order chi connectivity index (χ0) is 17.3. The maximum absolute atomic E-state index is 12.8. The fraction of sp³-hybridized carbons (Fsp3) is 0.286. The highest BCUT2D eigenvalue weighted by atomic mass is 79.9. The third-order valence-corrected chi connectivity index (χ3v) is 3.87. The minimum atomic E-state index is -4.55. The molecule has 1 amide bonds. The topological polar surface area (TPSA) is 62.2 Å². The quantitative estimate of drug-likeness (QED) is 0.773. The average Bonchev–Trinajstić information content (AvgIpc) is 2.55. The Labute approximate surface area is 143 Å². The van der Waals surface area contributed by atoms with Crippen molar-refractivity contribution in [1.82, 2.24) is 15.0 Å². The molecule has 0 aromatic carbocycles. The van der Waals surface area contributed by atoms with Crippen LogP contribution in [0, 0.1) is 0 Å². The summed E-state index contributed by atoms with van der Waals surface area (Å²) in [5, 5.41) is 0. The lowest BCUT2D eigenvalue weighted by Crippen LogP contribution is -2.51. The van der Waals surface area contributed by atoms with Crippen molar-refractivity contribution in [3.8, 4) is 0 Å². The van der Waals surface area contributed by atoms with Gasteiger partial charge >= 0.3 is 6.18 Å². The maximum Gasteiger partial charge on any atom is 0.433 e. The zero-order valence-electron chi connectivity index (χ0n) is 12.2. The van der Waals surface area contributed by atoms with Gasteiger partial charge in [0, 0.05) is 37.4 Å². The number of anilines is 2. The predicted molar refractivity (Wildman–Crippen MR) is 83.5 cm³/mol. The molecule has 2 aromatic rings. The Hall–Kier alpha value is -2.23. The lowest BCUT2D eigenvalue weighted by molar-refractivity contribution is -0.141. The predicted octanol–water partition coefficient (Wildman–Crippen LogP) is 2.51. The van der Waals surface area contributed by atoms with E-state index in [1.807, 2.05) is 0 Å². The van der Waals surface area contributed by atoms with Gasteiger partial charge in [0.2, 0.25) is 11.9 Å². The van der Waals surface area contributed by atoms with Gasteiger partial charge in [-0.05, 0) is 28.1 Å². The van der Waals surface area contributed by atoms with Gasteiger partial charge in [0.1, 0.15) is 12.2 Å². The van der Waals surface area contributed by atoms with E-state index in [1.54, 1.807) is 17.3 Å². The Kier molecular flexibility index (Phi) is 4.39. The van der Waals surface area contributed by atoms with Crippen molar-refractivity contribution >= 4 is 33.5 Å². The molecule has 1 aliphatic heterocycles.